The van der Waals surface area contributed by atoms with Gasteiger partial charge in [0.2, 0.25) is 11.8 Å². The number of hydrogen-bond donors (Lipinski definition) is 1. The standard InChI is InChI=1S/C22H25ClN6O3/c1-4-27-21(31)17-18(29-15-7-5-6-14(15)25-22(27)29)26-19(20(30)24-2)28(17)11-12-8-9-16(32-3)13(23)10-12/h8-10,14-15H,4-7,11H2,1-3H3,(H,24,30)/t14-,15+/m1/s1. The summed E-state index contributed by atoms with van der Waals surface area (Å²) in [5, 5.41) is 3.11. The lowest BCUT2D eigenvalue weighted by Gasteiger charge is -2.35. The van der Waals surface area contributed by atoms with Gasteiger partial charge in [0.25, 0.3) is 11.8 Å². The predicted molar refractivity (Wildman–Crippen MR) is 121 cm³/mol. The highest BCUT2D eigenvalue weighted by atomic mass is 35.5. The molecule has 10 heteroatoms. The molecule has 2 aliphatic heterocycles. The topological polar surface area (TPSA) is 92.1 Å². The molecule has 9 nitrogen and oxygen atoms in total. The average molecular weight is 457 g/mol. The van der Waals surface area contributed by atoms with Crippen LogP contribution in [0.1, 0.15) is 52.9 Å². The van der Waals surface area contributed by atoms with E-state index in [2.05, 4.69) is 15.2 Å². The van der Waals surface area contributed by atoms with Crippen LogP contribution < -0.4 is 15.0 Å². The predicted octanol–water partition coefficient (Wildman–Crippen LogP) is 2.53. The first-order valence-corrected chi connectivity index (χ1v) is 11.2. The zero-order valence-electron chi connectivity index (χ0n) is 18.3. The molecule has 32 heavy (non-hydrogen) atoms. The number of carbonyl (C=O) groups is 2. The molecule has 168 valence electrons. The van der Waals surface area contributed by atoms with Crippen LogP contribution in [-0.2, 0) is 6.54 Å². The van der Waals surface area contributed by atoms with Crippen LogP contribution >= 0.6 is 11.6 Å². The number of fused-ring (bicyclic) bond motifs is 5. The van der Waals surface area contributed by atoms with Crippen LogP contribution in [0.3, 0.4) is 0 Å². The fraction of sp³-hybridized carbons (Fsp3) is 0.455. The van der Waals surface area contributed by atoms with E-state index in [-0.39, 0.29) is 36.3 Å². The van der Waals surface area contributed by atoms with E-state index in [1.54, 1.807) is 35.8 Å². The third kappa shape index (κ3) is 2.98. The minimum absolute atomic E-state index is 0.159. The Balaban J connectivity index is 1.66. The highest BCUT2D eigenvalue weighted by Gasteiger charge is 2.50. The number of hydrogen-bond acceptors (Lipinski definition) is 6. The van der Waals surface area contributed by atoms with Gasteiger partial charge < -0.3 is 14.6 Å². The van der Waals surface area contributed by atoms with Gasteiger partial charge in [0, 0.05) is 13.6 Å². The lowest BCUT2D eigenvalue weighted by Crippen LogP contribution is -2.53. The summed E-state index contributed by atoms with van der Waals surface area (Å²) in [6.45, 7) is 2.69. The van der Waals surface area contributed by atoms with Crippen LogP contribution in [-0.4, -0.2) is 65.0 Å². The maximum Gasteiger partial charge on any atom is 0.287 e. The van der Waals surface area contributed by atoms with Crippen molar-refractivity contribution in [3.63, 3.8) is 0 Å². The molecule has 0 radical (unpaired) electrons. The van der Waals surface area contributed by atoms with Crippen molar-refractivity contribution < 1.29 is 14.3 Å². The fourth-order valence-electron chi connectivity index (χ4n) is 4.94. The molecule has 1 fully saturated rings. The summed E-state index contributed by atoms with van der Waals surface area (Å²) in [6.07, 6.45) is 3.07. The van der Waals surface area contributed by atoms with Crippen molar-refractivity contribution in [3.8, 4) is 5.75 Å². The number of anilines is 1. The molecule has 1 aromatic heterocycles. The number of methoxy groups -OCH3 is 1. The van der Waals surface area contributed by atoms with E-state index in [1.807, 2.05) is 13.0 Å². The molecule has 2 aromatic rings. The number of aromatic nitrogens is 2. The number of rotatable bonds is 5. The number of benzene rings is 1. The monoisotopic (exact) mass is 456 g/mol. The second-order valence-corrected chi connectivity index (χ2v) is 8.56. The van der Waals surface area contributed by atoms with Gasteiger partial charge in [-0.05, 0) is 43.9 Å². The Morgan fingerprint density at radius 2 is 2.16 bits per heavy atom. The molecule has 1 N–H and O–H groups in total. The lowest BCUT2D eigenvalue weighted by atomic mass is 10.1. The van der Waals surface area contributed by atoms with Crippen molar-refractivity contribution in [2.45, 2.75) is 44.8 Å². The molecule has 3 aliphatic rings. The molecule has 0 unspecified atom stereocenters. The highest BCUT2D eigenvalue weighted by Crippen LogP contribution is 2.41. The second kappa shape index (κ2) is 7.81. The summed E-state index contributed by atoms with van der Waals surface area (Å²) in [6, 6.07) is 5.75. The number of ether oxygens (including phenoxy) is 1. The first kappa shape index (κ1) is 20.8. The van der Waals surface area contributed by atoms with E-state index < -0.39 is 0 Å². The van der Waals surface area contributed by atoms with E-state index in [0.717, 1.165) is 24.8 Å². The highest BCUT2D eigenvalue weighted by molar-refractivity contribution is 6.32. The Bertz CT molecular complexity index is 1140. The summed E-state index contributed by atoms with van der Waals surface area (Å²) < 4.78 is 6.93. The Morgan fingerprint density at radius 3 is 2.84 bits per heavy atom. The van der Waals surface area contributed by atoms with Crippen molar-refractivity contribution in [1.29, 1.82) is 0 Å². The van der Waals surface area contributed by atoms with Crippen LogP contribution in [0, 0.1) is 0 Å². The van der Waals surface area contributed by atoms with Crippen LogP contribution in [0.25, 0.3) is 0 Å². The van der Waals surface area contributed by atoms with Gasteiger partial charge in [0.15, 0.2) is 11.5 Å². The van der Waals surface area contributed by atoms with Gasteiger partial charge in [-0.15, -0.1) is 0 Å². The van der Waals surface area contributed by atoms with Gasteiger partial charge >= 0.3 is 0 Å². The summed E-state index contributed by atoms with van der Waals surface area (Å²) >= 11 is 6.32. The summed E-state index contributed by atoms with van der Waals surface area (Å²) in [5.74, 6) is 1.38. The Labute approximate surface area is 191 Å². The van der Waals surface area contributed by atoms with Gasteiger partial charge in [-0.25, -0.2) is 9.98 Å². The third-order valence-electron chi connectivity index (χ3n) is 6.44. The molecular formula is C22H25ClN6O3. The molecule has 0 bridgehead atoms. The van der Waals surface area contributed by atoms with Gasteiger partial charge in [-0.2, -0.15) is 0 Å². The number of nitrogens with one attached hydrogen (secondary N) is 1. The number of carbonyl (C=O) groups excluding carboxylic acids is 2. The molecular weight excluding hydrogens is 432 g/mol. The van der Waals surface area contributed by atoms with Crippen molar-refractivity contribution >= 4 is 35.2 Å². The molecule has 0 saturated heterocycles. The fourth-order valence-corrected chi connectivity index (χ4v) is 5.22. The SMILES string of the molecule is CCN1C(=O)c2c(nc(C(=O)NC)n2Cc2ccc(OC)c(Cl)c2)N2C1=N[C@@H]1CCC[C@@H]12. The molecule has 1 aliphatic carbocycles. The van der Waals surface area contributed by atoms with Gasteiger partial charge in [-0.1, -0.05) is 17.7 Å². The molecule has 2 atom stereocenters. The van der Waals surface area contributed by atoms with E-state index in [0.29, 0.717) is 34.8 Å². The number of imidazole rings is 1. The Morgan fingerprint density at radius 1 is 1.34 bits per heavy atom. The third-order valence-corrected chi connectivity index (χ3v) is 6.74. The number of nitrogens with zero attached hydrogens (tertiary/aromatic N) is 5. The van der Waals surface area contributed by atoms with Crippen LogP contribution in [0.15, 0.2) is 23.2 Å². The maximum absolute atomic E-state index is 13.6. The smallest absolute Gasteiger partial charge is 0.287 e. The number of aliphatic imine (C=N–C) groups is 1. The van der Waals surface area contributed by atoms with Crippen molar-refractivity contribution in [2.24, 2.45) is 4.99 Å². The molecule has 1 aromatic carbocycles. The first-order valence-electron chi connectivity index (χ1n) is 10.8. The van der Waals surface area contributed by atoms with Crippen molar-refractivity contribution in [1.82, 2.24) is 19.8 Å². The van der Waals surface area contributed by atoms with Gasteiger partial charge in [0.05, 0.1) is 30.8 Å². The minimum Gasteiger partial charge on any atom is -0.495 e. The first-order chi connectivity index (χ1) is 15.5. The molecule has 5 rings (SSSR count). The average Bonchev–Trinajstić information content (AvgIpc) is 3.47. The van der Waals surface area contributed by atoms with E-state index >= 15 is 0 Å². The summed E-state index contributed by atoms with van der Waals surface area (Å²) in [4.78, 5) is 39.7. The minimum atomic E-state index is -0.351. The van der Waals surface area contributed by atoms with E-state index in [4.69, 9.17) is 21.3 Å². The molecule has 2 amide bonds. The zero-order valence-corrected chi connectivity index (χ0v) is 19.0. The largest absolute Gasteiger partial charge is 0.495 e. The number of amides is 2. The number of halogens is 1. The van der Waals surface area contributed by atoms with Crippen molar-refractivity contribution in [2.75, 3.05) is 25.6 Å². The molecule has 1 saturated carbocycles. The maximum atomic E-state index is 13.6. The molecule has 3 heterocycles. The lowest BCUT2D eigenvalue weighted by molar-refractivity contribution is 0.0835. The van der Waals surface area contributed by atoms with Gasteiger partial charge in [0.1, 0.15) is 5.75 Å². The normalized spacial score (nSPS) is 21.2. The van der Waals surface area contributed by atoms with Gasteiger partial charge in [-0.3, -0.25) is 19.4 Å². The molecule has 0 spiro atoms. The zero-order chi connectivity index (χ0) is 22.6. The summed E-state index contributed by atoms with van der Waals surface area (Å²) in [7, 11) is 3.11. The second-order valence-electron chi connectivity index (χ2n) is 8.16. The van der Waals surface area contributed by atoms with Crippen molar-refractivity contribution in [3.05, 3.63) is 40.3 Å². The van der Waals surface area contributed by atoms with E-state index in [1.165, 1.54) is 0 Å². The van der Waals surface area contributed by atoms with Crippen LogP contribution in [0.2, 0.25) is 5.02 Å². The Hall–Kier alpha value is -3.07. The van der Waals surface area contributed by atoms with Crippen LogP contribution in [0.4, 0.5) is 5.82 Å². The Kier molecular flexibility index (Phi) is 5.08. The number of guanidine groups is 1. The van der Waals surface area contributed by atoms with E-state index in [9.17, 15) is 9.59 Å². The van der Waals surface area contributed by atoms with Crippen LogP contribution in [0.5, 0.6) is 5.75 Å². The quantitative estimate of drug-likeness (QED) is 0.746. The summed E-state index contributed by atoms with van der Waals surface area (Å²) in [5.41, 5.74) is 1.24.